The lowest BCUT2D eigenvalue weighted by Gasteiger charge is -2.05. The number of amides is 1. The van der Waals surface area contributed by atoms with Crippen molar-refractivity contribution in [3.63, 3.8) is 0 Å². The minimum Gasteiger partial charge on any atom is -0.459 e. The Labute approximate surface area is 122 Å². The molecule has 0 saturated heterocycles. The van der Waals surface area contributed by atoms with Crippen molar-refractivity contribution in [2.75, 3.05) is 5.32 Å². The number of nitrogens with zero attached hydrogens (tertiary/aromatic N) is 1. The lowest BCUT2D eigenvalue weighted by Crippen LogP contribution is -2.13. The molecule has 1 aromatic carbocycles. The molecule has 3 rings (SSSR count). The van der Waals surface area contributed by atoms with E-state index in [1.165, 1.54) is 6.26 Å². The van der Waals surface area contributed by atoms with Crippen molar-refractivity contribution in [2.45, 2.75) is 13.3 Å². The molecule has 2 N–H and O–H groups in total. The van der Waals surface area contributed by atoms with Gasteiger partial charge >= 0.3 is 0 Å². The molecule has 0 fully saturated rings. The van der Waals surface area contributed by atoms with Gasteiger partial charge in [-0.15, -0.1) is 0 Å². The molecule has 0 spiro atoms. The molecule has 106 valence electrons. The number of hydrogen-bond donors (Lipinski definition) is 2. The standard InChI is InChI=1S/C16H15N3O2/c1-2-11-10-17-19-15(11)18-16(20)14-13(8-9-21-14)12-6-4-3-5-7-12/h3-10H,2H2,1H3,(H2,17,18,19,20). The van der Waals surface area contributed by atoms with E-state index in [2.05, 4.69) is 15.5 Å². The van der Waals surface area contributed by atoms with E-state index in [9.17, 15) is 4.79 Å². The van der Waals surface area contributed by atoms with E-state index in [-0.39, 0.29) is 11.7 Å². The van der Waals surface area contributed by atoms with Crippen LogP contribution in [0.2, 0.25) is 0 Å². The lowest BCUT2D eigenvalue weighted by molar-refractivity contribution is 0.0997. The molecule has 0 bridgehead atoms. The van der Waals surface area contributed by atoms with E-state index in [1.807, 2.05) is 37.3 Å². The van der Waals surface area contributed by atoms with Crippen LogP contribution in [0.4, 0.5) is 5.82 Å². The van der Waals surface area contributed by atoms with Gasteiger partial charge in [-0.3, -0.25) is 9.89 Å². The summed E-state index contributed by atoms with van der Waals surface area (Å²) in [6.07, 6.45) is 4.01. The van der Waals surface area contributed by atoms with Crippen molar-refractivity contribution < 1.29 is 9.21 Å². The van der Waals surface area contributed by atoms with Gasteiger partial charge in [0, 0.05) is 11.1 Å². The summed E-state index contributed by atoms with van der Waals surface area (Å²) in [7, 11) is 0. The maximum absolute atomic E-state index is 12.4. The third-order valence-electron chi connectivity index (χ3n) is 3.29. The van der Waals surface area contributed by atoms with Crippen molar-refractivity contribution in [1.82, 2.24) is 10.2 Å². The number of rotatable bonds is 4. The van der Waals surface area contributed by atoms with E-state index < -0.39 is 0 Å². The summed E-state index contributed by atoms with van der Waals surface area (Å²) in [6, 6.07) is 11.5. The molecule has 0 radical (unpaired) electrons. The largest absolute Gasteiger partial charge is 0.459 e. The Morgan fingerprint density at radius 3 is 2.86 bits per heavy atom. The summed E-state index contributed by atoms with van der Waals surface area (Å²) in [4.78, 5) is 12.4. The third-order valence-corrected chi connectivity index (χ3v) is 3.29. The molecule has 1 amide bonds. The van der Waals surface area contributed by atoms with E-state index in [4.69, 9.17) is 4.42 Å². The molecule has 0 unspecified atom stereocenters. The summed E-state index contributed by atoms with van der Waals surface area (Å²) in [5, 5.41) is 9.53. The van der Waals surface area contributed by atoms with E-state index >= 15 is 0 Å². The molecule has 0 aliphatic carbocycles. The average Bonchev–Trinajstić information content (AvgIpc) is 3.16. The number of H-pyrrole nitrogens is 1. The molecule has 5 heteroatoms. The first kappa shape index (κ1) is 13.2. The Hall–Kier alpha value is -2.82. The minimum absolute atomic E-state index is 0.290. The molecule has 5 nitrogen and oxygen atoms in total. The maximum atomic E-state index is 12.4. The molecule has 0 atom stereocenters. The zero-order chi connectivity index (χ0) is 14.7. The monoisotopic (exact) mass is 281 g/mol. The Bertz CT molecular complexity index is 744. The summed E-state index contributed by atoms with van der Waals surface area (Å²) in [6.45, 7) is 2.00. The van der Waals surface area contributed by atoms with Gasteiger partial charge in [0.1, 0.15) is 5.82 Å². The number of furan rings is 1. The van der Waals surface area contributed by atoms with E-state index in [0.29, 0.717) is 5.82 Å². The van der Waals surface area contributed by atoms with E-state index in [1.54, 1.807) is 12.3 Å². The highest BCUT2D eigenvalue weighted by molar-refractivity contribution is 6.06. The summed E-state index contributed by atoms with van der Waals surface area (Å²) in [5.41, 5.74) is 2.67. The fraction of sp³-hybridized carbons (Fsp3) is 0.125. The molecule has 2 aromatic heterocycles. The first-order chi connectivity index (χ1) is 10.3. The van der Waals surface area contributed by atoms with Crippen LogP contribution in [-0.2, 0) is 6.42 Å². The van der Waals surface area contributed by atoms with Gasteiger partial charge in [-0.25, -0.2) is 0 Å². The third kappa shape index (κ3) is 2.58. The van der Waals surface area contributed by atoms with Crippen LogP contribution in [0.5, 0.6) is 0 Å². The van der Waals surface area contributed by atoms with Gasteiger partial charge < -0.3 is 9.73 Å². The fourth-order valence-corrected chi connectivity index (χ4v) is 2.19. The number of aromatic nitrogens is 2. The Morgan fingerprint density at radius 1 is 1.29 bits per heavy atom. The second-order valence-corrected chi connectivity index (χ2v) is 4.61. The SMILES string of the molecule is CCc1cn[nH]c1NC(=O)c1occc1-c1ccccc1. The van der Waals surface area contributed by atoms with Crippen molar-refractivity contribution in [1.29, 1.82) is 0 Å². The van der Waals surface area contributed by atoms with Gasteiger partial charge in [-0.2, -0.15) is 5.10 Å². The number of carbonyl (C=O) groups is 1. The molecule has 0 aliphatic rings. The minimum atomic E-state index is -0.294. The number of aryl methyl sites for hydroxylation is 1. The van der Waals surface area contributed by atoms with Gasteiger partial charge in [0.05, 0.1) is 12.5 Å². The maximum Gasteiger partial charge on any atom is 0.293 e. The van der Waals surface area contributed by atoms with Crippen LogP contribution >= 0.6 is 0 Å². The first-order valence-corrected chi connectivity index (χ1v) is 6.76. The van der Waals surface area contributed by atoms with Crippen LogP contribution in [0, 0.1) is 0 Å². The lowest BCUT2D eigenvalue weighted by atomic mass is 10.1. The van der Waals surface area contributed by atoms with Crippen molar-refractivity contribution in [2.24, 2.45) is 0 Å². The van der Waals surface area contributed by atoms with Crippen LogP contribution in [0.1, 0.15) is 23.0 Å². The molecule has 0 saturated carbocycles. The van der Waals surface area contributed by atoms with Crippen LogP contribution in [-0.4, -0.2) is 16.1 Å². The van der Waals surface area contributed by atoms with Gasteiger partial charge in [-0.1, -0.05) is 37.3 Å². The highest BCUT2D eigenvalue weighted by Crippen LogP contribution is 2.25. The fourth-order valence-electron chi connectivity index (χ4n) is 2.19. The quantitative estimate of drug-likeness (QED) is 0.769. The summed E-state index contributed by atoms with van der Waals surface area (Å²) >= 11 is 0. The van der Waals surface area contributed by atoms with Crippen LogP contribution in [0.3, 0.4) is 0 Å². The Balaban J connectivity index is 1.88. The van der Waals surface area contributed by atoms with E-state index in [0.717, 1.165) is 23.1 Å². The zero-order valence-electron chi connectivity index (χ0n) is 11.6. The van der Waals surface area contributed by atoms with Crippen molar-refractivity contribution >= 4 is 11.7 Å². The highest BCUT2D eigenvalue weighted by atomic mass is 16.3. The smallest absolute Gasteiger partial charge is 0.293 e. The molecule has 21 heavy (non-hydrogen) atoms. The predicted molar refractivity (Wildman–Crippen MR) is 80.1 cm³/mol. The van der Waals surface area contributed by atoms with Crippen molar-refractivity contribution in [3.05, 3.63) is 60.2 Å². The zero-order valence-corrected chi connectivity index (χ0v) is 11.6. The highest BCUT2D eigenvalue weighted by Gasteiger charge is 2.18. The Morgan fingerprint density at radius 2 is 2.10 bits per heavy atom. The number of anilines is 1. The van der Waals surface area contributed by atoms with Crippen LogP contribution in [0.25, 0.3) is 11.1 Å². The van der Waals surface area contributed by atoms with Crippen LogP contribution < -0.4 is 5.32 Å². The summed E-state index contributed by atoms with van der Waals surface area (Å²) in [5.74, 6) is 0.605. The number of aromatic amines is 1. The van der Waals surface area contributed by atoms with Gasteiger partial charge in [0.2, 0.25) is 0 Å². The first-order valence-electron chi connectivity index (χ1n) is 6.76. The normalized spacial score (nSPS) is 10.5. The molecule has 0 aliphatic heterocycles. The summed E-state index contributed by atoms with van der Waals surface area (Å²) < 4.78 is 5.36. The Kier molecular flexibility index (Phi) is 3.55. The number of benzene rings is 1. The number of hydrogen-bond acceptors (Lipinski definition) is 3. The van der Waals surface area contributed by atoms with Gasteiger partial charge in [0.25, 0.3) is 5.91 Å². The molecule has 2 heterocycles. The second-order valence-electron chi connectivity index (χ2n) is 4.61. The topological polar surface area (TPSA) is 70.9 Å². The van der Waals surface area contributed by atoms with Crippen molar-refractivity contribution in [3.8, 4) is 11.1 Å². The molecular weight excluding hydrogens is 266 g/mol. The molecular formula is C16H15N3O2. The van der Waals surface area contributed by atoms with Crippen LogP contribution in [0.15, 0.2) is 53.3 Å². The van der Waals surface area contributed by atoms with Gasteiger partial charge in [0.15, 0.2) is 5.76 Å². The average molecular weight is 281 g/mol. The molecule has 3 aromatic rings. The second kappa shape index (κ2) is 5.66. The predicted octanol–water partition coefficient (Wildman–Crippen LogP) is 3.48. The number of carbonyl (C=O) groups excluding carboxylic acids is 1. The number of nitrogens with one attached hydrogen (secondary N) is 2. The van der Waals surface area contributed by atoms with Gasteiger partial charge in [-0.05, 0) is 18.1 Å².